The lowest BCUT2D eigenvalue weighted by molar-refractivity contribution is -0.140. The molecule has 0 radical (unpaired) electrons. The van der Waals surface area contributed by atoms with Gasteiger partial charge in [-0.2, -0.15) is 0 Å². The summed E-state index contributed by atoms with van der Waals surface area (Å²) >= 11 is 0. The predicted molar refractivity (Wildman–Crippen MR) is 118 cm³/mol. The van der Waals surface area contributed by atoms with Crippen LogP contribution in [-0.4, -0.2) is 53.9 Å². The maximum atomic E-state index is 13.3. The fraction of sp³-hybridized carbons (Fsp3) is 0.400. The van der Waals surface area contributed by atoms with Crippen LogP contribution in [0.2, 0.25) is 0 Å². The first kappa shape index (κ1) is 20.5. The Morgan fingerprint density at radius 2 is 1.75 bits per heavy atom. The highest BCUT2D eigenvalue weighted by molar-refractivity contribution is 6.09. The zero-order chi connectivity index (χ0) is 22.1. The van der Waals surface area contributed by atoms with Crippen molar-refractivity contribution in [3.63, 3.8) is 0 Å². The number of urea groups is 1. The first-order valence-corrected chi connectivity index (χ1v) is 11.2. The Morgan fingerprint density at radius 1 is 1.03 bits per heavy atom. The zero-order valence-electron chi connectivity index (χ0n) is 18.0. The Hall–Kier alpha value is -3.35. The smallest absolute Gasteiger partial charge is 0.325 e. The number of carbonyl (C=O) groups is 3. The Labute approximate surface area is 187 Å². The van der Waals surface area contributed by atoms with E-state index in [2.05, 4.69) is 29.6 Å². The topological polar surface area (TPSA) is 79.0 Å². The molecule has 1 unspecified atom stereocenters. The second-order valence-corrected chi connectivity index (χ2v) is 8.84. The molecule has 0 aliphatic carbocycles. The van der Waals surface area contributed by atoms with E-state index in [0.717, 1.165) is 24.2 Å². The van der Waals surface area contributed by atoms with Crippen molar-refractivity contribution in [2.45, 2.75) is 31.2 Å². The summed E-state index contributed by atoms with van der Waals surface area (Å²) in [5.74, 6) is 0.593. The van der Waals surface area contributed by atoms with Crippen LogP contribution < -0.4 is 10.1 Å². The molecule has 3 aliphatic heterocycles. The van der Waals surface area contributed by atoms with Gasteiger partial charge in [0.05, 0.1) is 6.61 Å². The first-order chi connectivity index (χ1) is 15.6. The lowest BCUT2D eigenvalue weighted by Gasteiger charge is -2.34. The number of para-hydroxylation sites is 1. The van der Waals surface area contributed by atoms with Crippen LogP contribution in [0.4, 0.5) is 4.79 Å². The largest absolute Gasteiger partial charge is 0.493 e. The summed E-state index contributed by atoms with van der Waals surface area (Å²) in [6, 6.07) is 17.1. The van der Waals surface area contributed by atoms with Crippen molar-refractivity contribution in [3.05, 3.63) is 65.7 Å². The molecule has 1 spiro atoms. The summed E-state index contributed by atoms with van der Waals surface area (Å²) < 4.78 is 5.66. The third-order valence-electron chi connectivity index (χ3n) is 6.89. The predicted octanol–water partition coefficient (Wildman–Crippen LogP) is 2.70. The normalized spacial score (nSPS) is 23.1. The Balaban J connectivity index is 1.22. The van der Waals surface area contributed by atoms with Crippen LogP contribution in [0.25, 0.3) is 0 Å². The van der Waals surface area contributed by atoms with Gasteiger partial charge in [0.1, 0.15) is 12.3 Å². The number of imide groups is 1. The van der Waals surface area contributed by atoms with E-state index in [0.29, 0.717) is 43.3 Å². The van der Waals surface area contributed by atoms with Crippen LogP contribution in [0.1, 0.15) is 30.4 Å². The van der Waals surface area contributed by atoms with E-state index >= 15 is 0 Å². The van der Waals surface area contributed by atoms with Gasteiger partial charge in [-0.3, -0.25) is 14.5 Å². The number of piperidine rings is 1. The van der Waals surface area contributed by atoms with Crippen LogP contribution in [0.3, 0.4) is 0 Å². The van der Waals surface area contributed by atoms with Gasteiger partial charge in [-0.15, -0.1) is 0 Å². The molecule has 4 amide bonds. The molecule has 3 aliphatic rings. The average Bonchev–Trinajstić information content (AvgIpc) is 3.05. The fourth-order valence-corrected chi connectivity index (χ4v) is 5.08. The molecule has 2 saturated heterocycles. The lowest BCUT2D eigenvalue weighted by Crippen LogP contribution is -2.49. The Bertz CT molecular complexity index is 1030. The molecule has 2 aromatic rings. The van der Waals surface area contributed by atoms with Crippen molar-refractivity contribution in [1.29, 1.82) is 0 Å². The summed E-state index contributed by atoms with van der Waals surface area (Å²) in [6.45, 7) is 1.42. The maximum Gasteiger partial charge on any atom is 0.325 e. The van der Waals surface area contributed by atoms with E-state index in [4.69, 9.17) is 4.74 Å². The third kappa shape index (κ3) is 3.61. The van der Waals surface area contributed by atoms with Gasteiger partial charge in [-0.05, 0) is 36.8 Å². The van der Waals surface area contributed by atoms with E-state index < -0.39 is 11.6 Å². The molecule has 166 valence electrons. The van der Waals surface area contributed by atoms with Gasteiger partial charge < -0.3 is 15.0 Å². The number of hydrogen-bond acceptors (Lipinski definition) is 4. The third-order valence-corrected chi connectivity index (χ3v) is 6.89. The van der Waals surface area contributed by atoms with Gasteiger partial charge in [-0.25, -0.2) is 4.79 Å². The van der Waals surface area contributed by atoms with Crippen LogP contribution in [0, 0.1) is 5.92 Å². The molecule has 1 atom stereocenters. The minimum absolute atomic E-state index is 0.177. The Morgan fingerprint density at radius 3 is 2.53 bits per heavy atom. The number of nitrogens with zero attached hydrogens (tertiary/aromatic N) is 2. The summed E-state index contributed by atoms with van der Waals surface area (Å²) in [4.78, 5) is 41.9. The summed E-state index contributed by atoms with van der Waals surface area (Å²) in [5, 5.41) is 2.85. The van der Waals surface area contributed by atoms with E-state index in [-0.39, 0.29) is 18.4 Å². The number of fused-ring (bicyclic) bond motifs is 2. The number of benzene rings is 2. The first-order valence-electron chi connectivity index (χ1n) is 11.2. The number of ether oxygens (including phenoxy) is 1. The lowest BCUT2D eigenvalue weighted by atomic mass is 9.84. The van der Waals surface area contributed by atoms with Gasteiger partial charge in [0.15, 0.2) is 5.54 Å². The van der Waals surface area contributed by atoms with Crippen LogP contribution in [0.5, 0.6) is 5.75 Å². The molecule has 0 saturated carbocycles. The quantitative estimate of drug-likeness (QED) is 0.752. The molecule has 0 aromatic heterocycles. The van der Waals surface area contributed by atoms with Crippen molar-refractivity contribution >= 4 is 17.8 Å². The SMILES string of the molecule is O=C(CN1C(=O)NC2(CCOc3ccccc32)C1=O)N1CCC(Cc2ccccc2)CC1. The number of rotatable bonds is 4. The van der Waals surface area contributed by atoms with Crippen molar-refractivity contribution in [2.24, 2.45) is 5.92 Å². The molecule has 2 fully saturated rings. The molecular weight excluding hydrogens is 406 g/mol. The average molecular weight is 434 g/mol. The summed E-state index contributed by atoms with van der Waals surface area (Å²) in [5.41, 5.74) is 0.828. The molecular formula is C25H27N3O4. The van der Waals surface area contributed by atoms with Crippen molar-refractivity contribution in [2.75, 3.05) is 26.2 Å². The second-order valence-electron chi connectivity index (χ2n) is 8.84. The van der Waals surface area contributed by atoms with E-state index in [1.54, 1.807) is 17.0 Å². The maximum absolute atomic E-state index is 13.3. The van der Waals surface area contributed by atoms with Gasteiger partial charge in [0, 0.05) is 25.1 Å². The van der Waals surface area contributed by atoms with Crippen LogP contribution in [0.15, 0.2) is 54.6 Å². The minimum atomic E-state index is -1.14. The number of hydrogen-bond donors (Lipinski definition) is 1. The number of amides is 4. The number of carbonyl (C=O) groups excluding carboxylic acids is 3. The number of nitrogens with one attached hydrogen (secondary N) is 1. The van der Waals surface area contributed by atoms with E-state index in [1.807, 2.05) is 18.2 Å². The molecule has 7 heteroatoms. The second kappa shape index (κ2) is 8.30. The molecule has 3 heterocycles. The standard InChI is InChI=1S/C25H27N3O4/c29-22(27-13-10-19(11-14-27)16-18-6-2-1-3-7-18)17-28-23(30)25(26-24(28)31)12-15-32-21-9-5-4-8-20(21)25/h1-9,19H,10-17H2,(H,26,31). The summed E-state index contributed by atoms with van der Waals surface area (Å²) in [7, 11) is 0. The minimum Gasteiger partial charge on any atom is -0.493 e. The fourth-order valence-electron chi connectivity index (χ4n) is 5.08. The summed E-state index contributed by atoms with van der Waals surface area (Å²) in [6.07, 6.45) is 3.22. The molecule has 5 rings (SSSR count). The monoisotopic (exact) mass is 433 g/mol. The zero-order valence-corrected chi connectivity index (χ0v) is 18.0. The van der Waals surface area contributed by atoms with Crippen LogP contribution >= 0.6 is 0 Å². The molecule has 7 nitrogen and oxygen atoms in total. The van der Waals surface area contributed by atoms with Gasteiger partial charge in [0.25, 0.3) is 5.91 Å². The van der Waals surface area contributed by atoms with E-state index in [9.17, 15) is 14.4 Å². The number of likely N-dealkylation sites (tertiary alicyclic amines) is 1. The highest BCUT2D eigenvalue weighted by atomic mass is 16.5. The molecule has 32 heavy (non-hydrogen) atoms. The molecule has 1 N–H and O–H groups in total. The van der Waals surface area contributed by atoms with Crippen molar-refractivity contribution < 1.29 is 19.1 Å². The molecule has 0 bridgehead atoms. The molecule has 2 aromatic carbocycles. The van der Waals surface area contributed by atoms with E-state index in [1.165, 1.54) is 5.56 Å². The van der Waals surface area contributed by atoms with Crippen molar-refractivity contribution in [3.8, 4) is 5.75 Å². The van der Waals surface area contributed by atoms with Crippen LogP contribution in [-0.2, 0) is 21.5 Å². The van der Waals surface area contributed by atoms with Crippen molar-refractivity contribution in [1.82, 2.24) is 15.1 Å². The van der Waals surface area contributed by atoms with Gasteiger partial charge >= 0.3 is 6.03 Å². The highest BCUT2D eigenvalue weighted by Crippen LogP contribution is 2.41. The van der Waals surface area contributed by atoms with Gasteiger partial charge in [0.2, 0.25) is 5.91 Å². The Kier molecular flexibility index (Phi) is 5.33. The van der Waals surface area contributed by atoms with Gasteiger partial charge in [-0.1, -0.05) is 48.5 Å². The highest BCUT2D eigenvalue weighted by Gasteiger charge is 2.55.